The predicted molar refractivity (Wildman–Crippen MR) is 38.7 cm³/mol. The zero-order chi connectivity index (χ0) is 8.43. The van der Waals surface area contributed by atoms with Gasteiger partial charge in [0.05, 0.1) is 0 Å². The summed E-state index contributed by atoms with van der Waals surface area (Å²) >= 11 is 0. The van der Waals surface area contributed by atoms with E-state index in [1.165, 1.54) is 6.07 Å². The van der Waals surface area contributed by atoms with Crippen molar-refractivity contribution in [3.8, 4) is 0 Å². The lowest BCUT2D eigenvalue weighted by molar-refractivity contribution is 0.146. The van der Waals surface area contributed by atoms with Gasteiger partial charge < -0.3 is 0 Å². The molecule has 0 aliphatic carbocycles. The summed E-state index contributed by atoms with van der Waals surface area (Å²) in [6, 6.07) is 3.17. The number of pyridine rings is 1. The van der Waals surface area contributed by atoms with Crippen LogP contribution in [0.5, 0.6) is 0 Å². The van der Waals surface area contributed by atoms with E-state index < -0.39 is 6.43 Å². The van der Waals surface area contributed by atoms with Crippen LogP contribution in [0.2, 0.25) is 0 Å². The predicted octanol–water partition coefficient (Wildman–Crippen LogP) is 2.64. The molecule has 0 aromatic carbocycles. The number of alkyl halides is 2. The molecule has 0 bridgehead atoms. The highest BCUT2D eigenvalue weighted by Gasteiger charge is 2.08. The smallest absolute Gasteiger partial charge is 0.252 e. The Hall–Kier alpha value is -0.990. The Kier molecular flexibility index (Phi) is 2.17. The van der Waals surface area contributed by atoms with E-state index in [9.17, 15) is 8.78 Å². The van der Waals surface area contributed by atoms with Crippen LogP contribution in [0.1, 0.15) is 23.4 Å². The number of aromatic nitrogens is 1. The molecular weight excluding hydrogens is 148 g/mol. The third-order valence-corrected chi connectivity index (χ3v) is 1.34. The summed E-state index contributed by atoms with van der Waals surface area (Å²) in [5.41, 5.74) is 1.33. The first kappa shape index (κ1) is 8.11. The lowest BCUT2D eigenvalue weighted by atomic mass is 10.2. The highest BCUT2D eigenvalue weighted by Crippen LogP contribution is 2.17. The van der Waals surface area contributed by atoms with Gasteiger partial charge in [-0.15, -0.1) is 0 Å². The van der Waals surface area contributed by atoms with Crippen LogP contribution in [0.15, 0.2) is 12.1 Å². The molecule has 1 rings (SSSR count). The quantitative estimate of drug-likeness (QED) is 0.610. The monoisotopic (exact) mass is 157 g/mol. The molecule has 1 nitrogen and oxygen atoms in total. The Morgan fingerprint density at radius 2 is 1.91 bits per heavy atom. The summed E-state index contributed by atoms with van der Waals surface area (Å²) in [5, 5.41) is 0. The summed E-state index contributed by atoms with van der Waals surface area (Å²) in [5.74, 6) is 0. The molecule has 0 N–H and O–H groups in total. The zero-order valence-electron chi connectivity index (χ0n) is 6.44. The maximum absolute atomic E-state index is 12.1. The maximum Gasteiger partial charge on any atom is 0.280 e. The van der Waals surface area contributed by atoms with Crippen LogP contribution in [0.4, 0.5) is 8.78 Å². The second-order valence-electron chi connectivity index (χ2n) is 2.51. The van der Waals surface area contributed by atoms with Gasteiger partial charge in [-0.2, -0.15) is 0 Å². The first-order chi connectivity index (χ1) is 5.09. The van der Waals surface area contributed by atoms with Crippen molar-refractivity contribution in [2.24, 2.45) is 0 Å². The topological polar surface area (TPSA) is 12.9 Å². The molecule has 0 saturated carbocycles. The van der Waals surface area contributed by atoms with Crippen LogP contribution < -0.4 is 0 Å². The molecular formula is C8H9F2N. The standard InChI is InChI=1S/C8H9F2N/c1-5-3-6(2)11-7(4-5)8(9)10/h3-4,8H,1-2H3. The molecule has 1 aromatic heterocycles. The fourth-order valence-electron chi connectivity index (χ4n) is 0.984. The Morgan fingerprint density at radius 1 is 1.27 bits per heavy atom. The largest absolute Gasteiger partial charge is 0.280 e. The van der Waals surface area contributed by atoms with E-state index in [0.717, 1.165) is 5.56 Å². The minimum Gasteiger partial charge on any atom is -0.252 e. The summed E-state index contributed by atoms with van der Waals surface area (Å²) in [6.07, 6.45) is -2.46. The van der Waals surface area contributed by atoms with Gasteiger partial charge in [0.25, 0.3) is 6.43 Å². The van der Waals surface area contributed by atoms with Crippen molar-refractivity contribution in [2.45, 2.75) is 20.3 Å². The molecule has 0 amide bonds. The van der Waals surface area contributed by atoms with E-state index in [1.54, 1.807) is 19.9 Å². The molecule has 1 heterocycles. The molecule has 60 valence electrons. The molecule has 0 aliphatic heterocycles. The average molecular weight is 157 g/mol. The molecule has 0 unspecified atom stereocenters. The Labute approximate surface area is 64.1 Å². The summed E-state index contributed by atoms with van der Waals surface area (Å²) < 4.78 is 24.1. The average Bonchev–Trinajstić information content (AvgIpc) is 1.85. The highest BCUT2D eigenvalue weighted by molar-refractivity contribution is 5.19. The van der Waals surface area contributed by atoms with Crippen LogP contribution in [0.25, 0.3) is 0 Å². The molecule has 0 aliphatic rings. The lowest BCUT2D eigenvalue weighted by Crippen LogP contribution is -1.93. The molecule has 1 aromatic rings. The second-order valence-corrected chi connectivity index (χ2v) is 2.51. The van der Waals surface area contributed by atoms with Crippen molar-refractivity contribution in [3.63, 3.8) is 0 Å². The van der Waals surface area contributed by atoms with Crippen molar-refractivity contribution in [1.29, 1.82) is 0 Å². The van der Waals surface area contributed by atoms with Gasteiger partial charge in [0.1, 0.15) is 5.69 Å². The van der Waals surface area contributed by atoms with E-state index in [2.05, 4.69) is 4.98 Å². The molecule has 0 spiro atoms. The van der Waals surface area contributed by atoms with Crippen LogP contribution >= 0.6 is 0 Å². The molecule has 3 heteroatoms. The van der Waals surface area contributed by atoms with Gasteiger partial charge in [-0.3, -0.25) is 4.98 Å². The fraction of sp³-hybridized carbons (Fsp3) is 0.375. The number of hydrogen-bond donors (Lipinski definition) is 0. The van der Waals surface area contributed by atoms with Crippen molar-refractivity contribution in [2.75, 3.05) is 0 Å². The van der Waals surface area contributed by atoms with Crippen molar-refractivity contribution < 1.29 is 8.78 Å². The number of rotatable bonds is 1. The van der Waals surface area contributed by atoms with Crippen LogP contribution in [0.3, 0.4) is 0 Å². The summed E-state index contributed by atoms with van der Waals surface area (Å²) in [4.78, 5) is 3.68. The van der Waals surface area contributed by atoms with Gasteiger partial charge >= 0.3 is 0 Å². The van der Waals surface area contributed by atoms with Crippen molar-refractivity contribution in [3.05, 3.63) is 29.1 Å². The minimum absolute atomic E-state index is 0.137. The number of aryl methyl sites for hydroxylation is 2. The van der Waals surface area contributed by atoms with E-state index >= 15 is 0 Å². The Morgan fingerprint density at radius 3 is 2.36 bits per heavy atom. The van der Waals surface area contributed by atoms with E-state index in [1.807, 2.05) is 0 Å². The van der Waals surface area contributed by atoms with Crippen LogP contribution in [0, 0.1) is 13.8 Å². The maximum atomic E-state index is 12.1. The van der Waals surface area contributed by atoms with E-state index in [0.29, 0.717) is 5.69 Å². The highest BCUT2D eigenvalue weighted by atomic mass is 19.3. The van der Waals surface area contributed by atoms with Crippen molar-refractivity contribution >= 4 is 0 Å². The van der Waals surface area contributed by atoms with Crippen LogP contribution in [-0.2, 0) is 0 Å². The minimum atomic E-state index is -2.46. The van der Waals surface area contributed by atoms with Gasteiger partial charge in [0.2, 0.25) is 0 Å². The summed E-state index contributed by atoms with van der Waals surface area (Å²) in [7, 11) is 0. The first-order valence-electron chi connectivity index (χ1n) is 3.33. The first-order valence-corrected chi connectivity index (χ1v) is 3.33. The zero-order valence-corrected chi connectivity index (χ0v) is 6.44. The SMILES string of the molecule is Cc1cc(C)nc(C(F)F)c1. The Balaban J connectivity index is 3.08. The molecule has 0 radical (unpaired) electrons. The number of halogens is 2. The number of nitrogens with zero attached hydrogens (tertiary/aromatic N) is 1. The van der Waals surface area contributed by atoms with Gasteiger partial charge in [0, 0.05) is 5.69 Å². The van der Waals surface area contributed by atoms with Crippen LogP contribution in [-0.4, -0.2) is 4.98 Å². The molecule has 0 saturated heterocycles. The van der Waals surface area contributed by atoms with Gasteiger partial charge in [0.15, 0.2) is 0 Å². The van der Waals surface area contributed by atoms with Crippen molar-refractivity contribution in [1.82, 2.24) is 4.98 Å². The second kappa shape index (κ2) is 2.95. The van der Waals surface area contributed by atoms with Gasteiger partial charge in [-0.25, -0.2) is 8.78 Å². The summed E-state index contributed by atoms with van der Waals surface area (Å²) in [6.45, 7) is 3.49. The van der Waals surface area contributed by atoms with E-state index in [-0.39, 0.29) is 5.69 Å². The van der Waals surface area contributed by atoms with Gasteiger partial charge in [-0.1, -0.05) is 0 Å². The molecule has 0 atom stereocenters. The lowest BCUT2D eigenvalue weighted by Gasteiger charge is -2.01. The Bertz CT molecular complexity index is 238. The molecule has 0 fully saturated rings. The third kappa shape index (κ3) is 1.97. The molecule has 11 heavy (non-hydrogen) atoms. The fourth-order valence-corrected chi connectivity index (χ4v) is 0.984. The number of hydrogen-bond acceptors (Lipinski definition) is 1. The normalized spacial score (nSPS) is 10.6. The van der Waals surface area contributed by atoms with Gasteiger partial charge in [-0.05, 0) is 31.5 Å². The van der Waals surface area contributed by atoms with E-state index in [4.69, 9.17) is 0 Å². The third-order valence-electron chi connectivity index (χ3n) is 1.34.